The fourth-order valence-electron chi connectivity index (χ4n) is 2.97. The normalized spacial score (nSPS) is 10.9. The van der Waals surface area contributed by atoms with Crippen LogP contribution in [0.2, 0.25) is 0 Å². The predicted molar refractivity (Wildman–Crippen MR) is 108 cm³/mol. The molecular weight excluding hydrogens is 356 g/mol. The molecule has 0 radical (unpaired) electrons. The molecule has 0 saturated carbocycles. The highest BCUT2D eigenvalue weighted by Crippen LogP contribution is 2.27. The summed E-state index contributed by atoms with van der Waals surface area (Å²) in [6.07, 6.45) is 0.294. The Hall–Kier alpha value is -3.41. The molecule has 0 saturated heterocycles. The topological polar surface area (TPSA) is 88.4 Å². The van der Waals surface area contributed by atoms with Gasteiger partial charge in [0.25, 0.3) is 5.91 Å². The van der Waals surface area contributed by atoms with Gasteiger partial charge in [-0.05, 0) is 25.0 Å². The fourth-order valence-corrected chi connectivity index (χ4v) is 2.97. The van der Waals surface area contributed by atoms with Crippen LogP contribution in [-0.4, -0.2) is 11.8 Å². The van der Waals surface area contributed by atoms with Crippen LogP contribution in [0, 0.1) is 12.8 Å². The Balaban J connectivity index is 2.02. The lowest BCUT2D eigenvalue weighted by Crippen LogP contribution is -2.42. The van der Waals surface area contributed by atoms with Crippen molar-refractivity contribution >= 4 is 22.8 Å². The van der Waals surface area contributed by atoms with Gasteiger partial charge in [0.1, 0.15) is 5.76 Å². The first-order valence-electron chi connectivity index (χ1n) is 9.09. The van der Waals surface area contributed by atoms with Crippen LogP contribution < -0.4 is 16.3 Å². The van der Waals surface area contributed by atoms with Crippen molar-refractivity contribution in [1.82, 2.24) is 10.9 Å². The van der Waals surface area contributed by atoms with Crippen LogP contribution >= 0.6 is 0 Å². The number of rotatable bonds is 4. The second kappa shape index (κ2) is 8.08. The van der Waals surface area contributed by atoms with E-state index in [-0.39, 0.29) is 28.4 Å². The van der Waals surface area contributed by atoms with E-state index in [2.05, 4.69) is 10.9 Å². The summed E-state index contributed by atoms with van der Waals surface area (Å²) in [4.78, 5) is 37.2. The molecular formula is C22H22N2O4. The number of carbonyl (C=O) groups is 2. The number of benzene rings is 2. The van der Waals surface area contributed by atoms with E-state index in [1.807, 2.05) is 44.2 Å². The minimum atomic E-state index is -0.547. The lowest BCUT2D eigenvalue weighted by molar-refractivity contribution is -0.122. The first kappa shape index (κ1) is 19.4. The molecule has 3 aromatic rings. The average Bonchev–Trinajstić information content (AvgIpc) is 2.68. The molecule has 0 aliphatic rings. The molecule has 0 fully saturated rings. The largest absolute Gasteiger partial charge is 0.455 e. The molecule has 0 aliphatic carbocycles. The Bertz CT molecular complexity index is 1080. The number of amides is 2. The van der Waals surface area contributed by atoms with Crippen LogP contribution in [0.5, 0.6) is 0 Å². The zero-order chi connectivity index (χ0) is 20.3. The number of fused-ring (bicyclic) bond motifs is 1. The Labute approximate surface area is 162 Å². The fraction of sp³-hybridized carbons (Fsp3) is 0.227. The molecule has 0 atom stereocenters. The Morgan fingerprint density at radius 1 is 1.00 bits per heavy atom. The number of hydrazine groups is 1. The van der Waals surface area contributed by atoms with Gasteiger partial charge < -0.3 is 4.42 Å². The van der Waals surface area contributed by atoms with Crippen LogP contribution in [0.15, 0.2) is 57.7 Å². The minimum absolute atomic E-state index is 0.170. The number of nitrogens with one attached hydrogen (secondary N) is 2. The highest BCUT2D eigenvalue weighted by molar-refractivity contribution is 6.05. The summed E-state index contributed by atoms with van der Waals surface area (Å²) < 4.78 is 6.01. The van der Waals surface area contributed by atoms with Gasteiger partial charge in [-0.2, -0.15) is 0 Å². The third-order valence-corrected chi connectivity index (χ3v) is 4.33. The van der Waals surface area contributed by atoms with Crippen molar-refractivity contribution in [2.45, 2.75) is 27.2 Å². The maximum atomic E-state index is 12.8. The van der Waals surface area contributed by atoms with Crippen molar-refractivity contribution in [2.24, 2.45) is 5.92 Å². The smallest absolute Gasteiger partial charge is 0.273 e. The maximum Gasteiger partial charge on any atom is 0.273 e. The summed E-state index contributed by atoms with van der Waals surface area (Å²) in [6, 6.07) is 14.0. The van der Waals surface area contributed by atoms with Gasteiger partial charge in [-0.1, -0.05) is 50.2 Å². The summed E-state index contributed by atoms with van der Waals surface area (Å²) in [5.41, 5.74) is 6.17. The molecule has 2 amide bonds. The molecule has 144 valence electrons. The van der Waals surface area contributed by atoms with Crippen molar-refractivity contribution in [3.05, 3.63) is 69.9 Å². The molecule has 28 heavy (non-hydrogen) atoms. The molecule has 6 heteroatoms. The van der Waals surface area contributed by atoms with E-state index in [0.717, 1.165) is 5.56 Å². The summed E-state index contributed by atoms with van der Waals surface area (Å²) >= 11 is 0. The molecule has 0 bridgehead atoms. The monoisotopic (exact) mass is 378 g/mol. The highest BCUT2D eigenvalue weighted by Gasteiger charge is 2.18. The molecule has 0 spiro atoms. The average molecular weight is 378 g/mol. The van der Waals surface area contributed by atoms with Crippen LogP contribution in [-0.2, 0) is 4.79 Å². The molecule has 1 heterocycles. The van der Waals surface area contributed by atoms with Gasteiger partial charge in [0.2, 0.25) is 5.91 Å². The number of hydrogen-bond acceptors (Lipinski definition) is 4. The predicted octanol–water partition coefficient (Wildman–Crippen LogP) is 3.58. The standard InChI is InChI=1S/C22H22N2O4/c1-13(2)12-18(25)23-24-22(27)17-11-7-10-16-19(26)14(3)20(28-21(16)17)15-8-5-4-6-9-15/h4-11,13H,12H2,1-3H3,(H,23,25)(H,24,27). The third-order valence-electron chi connectivity index (χ3n) is 4.33. The van der Waals surface area contributed by atoms with Crippen molar-refractivity contribution in [1.29, 1.82) is 0 Å². The van der Waals surface area contributed by atoms with E-state index >= 15 is 0 Å². The lowest BCUT2D eigenvalue weighted by Gasteiger charge is -2.12. The third kappa shape index (κ3) is 3.96. The summed E-state index contributed by atoms with van der Waals surface area (Å²) in [7, 11) is 0. The van der Waals surface area contributed by atoms with Gasteiger partial charge in [-0.3, -0.25) is 25.2 Å². The molecule has 3 rings (SSSR count). The Morgan fingerprint density at radius 3 is 2.39 bits per heavy atom. The Kier molecular flexibility index (Phi) is 5.59. The maximum absolute atomic E-state index is 12.8. The van der Waals surface area contributed by atoms with Crippen LogP contribution in [0.3, 0.4) is 0 Å². The van der Waals surface area contributed by atoms with Crippen LogP contribution in [0.4, 0.5) is 0 Å². The van der Waals surface area contributed by atoms with E-state index < -0.39 is 5.91 Å². The van der Waals surface area contributed by atoms with Crippen LogP contribution in [0.25, 0.3) is 22.3 Å². The van der Waals surface area contributed by atoms with Gasteiger partial charge in [-0.25, -0.2) is 0 Å². The SMILES string of the molecule is Cc1c(-c2ccccc2)oc2c(C(=O)NNC(=O)CC(C)C)cccc2c1=O. The lowest BCUT2D eigenvalue weighted by atomic mass is 10.0. The summed E-state index contributed by atoms with van der Waals surface area (Å²) in [5.74, 6) is -0.245. The molecule has 2 aromatic carbocycles. The number of hydrogen-bond donors (Lipinski definition) is 2. The summed E-state index contributed by atoms with van der Waals surface area (Å²) in [6.45, 7) is 5.52. The van der Waals surface area contributed by atoms with Crippen molar-refractivity contribution in [3.63, 3.8) is 0 Å². The van der Waals surface area contributed by atoms with E-state index in [1.54, 1.807) is 25.1 Å². The quantitative estimate of drug-likeness (QED) is 0.679. The Morgan fingerprint density at radius 2 is 1.71 bits per heavy atom. The van der Waals surface area contributed by atoms with E-state index in [4.69, 9.17) is 4.42 Å². The number of para-hydroxylation sites is 1. The molecule has 2 N–H and O–H groups in total. The number of carbonyl (C=O) groups excluding carboxylic acids is 2. The highest BCUT2D eigenvalue weighted by atomic mass is 16.3. The zero-order valence-corrected chi connectivity index (χ0v) is 16.0. The molecule has 0 unspecified atom stereocenters. The van der Waals surface area contributed by atoms with Crippen molar-refractivity contribution < 1.29 is 14.0 Å². The molecule has 6 nitrogen and oxygen atoms in total. The first-order valence-corrected chi connectivity index (χ1v) is 9.09. The van der Waals surface area contributed by atoms with Crippen molar-refractivity contribution in [3.8, 4) is 11.3 Å². The van der Waals surface area contributed by atoms with Gasteiger partial charge in [0, 0.05) is 17.5 Å². The van der Waals surface area contributed by atoms with Gasteiger partial charge in [-0.15, -0.1) is 0 Å². The second-order valence-corrected chi connectivity index (χ2v) is 7.03. The van der Waals surface area contributed by atoms with Gasteiger partial charge in [0.15, 0.2) is 11.0 Å². The van der Waals surface area contributed by atoms with Crippen molar-refractivity contribution in [2.75, 3.05) is 0 Å². The molecule has 0 aliphatic heterocycles. The van der Waals surface area contributed by atoms with E-state index in [0.29, 0.717) is 23.1 Å². The minimum Gasteiger partial charge on any atom is -0.455 e. The first-order chi connectivity index (χ1) is 13.4. The van der Waals surface area contributed by atoms with E-state index in [9.17, 15) is 14.4 Å². The van der Waals surface area contributed by atoms with Crippen LogP contribution in [0.1, 0.15) is 36.2 Å². The van der Waals surface area contributed by atoms with Gasteiger partial charge in [0.05, 0.1) is 10.9 Å². The molecule has 1 aromatic heterocycles. The summed E-state index contributed by atoms with van der Waals surface area (Å²) in [5, 5.41) is 0.318. The van der Waals surface area contributed by atoms with E-state index in [1.165, 1.54) is 0 Å². The second-order valence-electron chi connectivity index (χ2n) is 7.03. The van der Waals surface area contributed by atoms with Gasteiger partial charge >= 0.3 is 0 Å². The zero-order valence-electron chi connectivity index (χ0n) is 16.0.